The minimum Gasteiger partial charge on any atom is -0.497 e. The number of benzene rings is 2. The average molecular weight is 461 g/mol. The first-order chi connectivity index (χ1) is 13.5. The summed E-state index contributed by atoms with van der Waals surface area (Å²) in [4.78, 5) is 38.2. The number of ether oxygens (including phenoxy) is 1. The van der Waals surface area contributed by atoms with E-state index < -0.39 is 0 Å². The van der Waals surface area contributed by atoms with Crippen molar-refractivity contribution in [3.63, 3.8) is 0 Å². The smallest absolute Gasteiger partial charge is 0.293 e. The molecule has 0 atom stereocenters. The molecule has 1 fully saturated rings. The summed E-state index contributed by atoms with van der Waals surface area (Å²) in [5, 5.41) is 2.37. The lowest BCUT2D eigenvalue weighted by Gasteiger charge is -2.12. The van der Waals surface area contributed by atoms with Gasteiger partial charge in [-0.25, -0.2) is 0 Å². The van der Waals surface area contributed by atoms with Crippen molar-refractivity contribution in [2.45, 2.75) is 6.42 Å². The number of rotatable bonds is 6. The van der Waals surface area contributed by atoms with E-state index in [-0.39, 0.29) is 30.0 Å². The molecule has 0 aromatic heterocycles. The zero-order chi connectivity index (χ0) is 20.1. The maximum absolute atomic E-state index is 12.5. The lowest BCUT2D eigenvalue weighted by Crippen LogP contribution is -2.31. The number of imide groups is 1. The number of hydrogen-bond acceptors (Lipinski definition) is 5. The van der Waals surface area contributed by atoms with Crippen molar-refractivity contribution < 1.29 is 19.1 Å². The van der Waals surface area contributed by atoms with Crippen molar-refractivity contribution in [1.82, 2.24) is 4.90 Å². The molecule has 1 saturated heterocycles. The Hall–Kier alpha value is -2.58. The molecule has 0 bridgehead atoms. The fourth-order valence-electron chi connectivity index (χ4n) is 2.51. The highest BCUT2D eigenvalue weighted by molar-refractivity contribution is 9.10. The number of anilines is 1. The van der Waals surface area contributed by atoms with Gasteiger partial charge in [-0.3, -0.25) is 19.3 Å². The van der Waals surface area contributed by atoms with Crippen LogP contribution in [0, 0.1) is 0 Å². The molecule has 144 valence electrons. The summed E-state index contributed by atoms with van der Waals surface area (Å²) in [5.41, 5.74) is 1.45. The Balaban J connectivity index is 1.59. The van der Waals surface area contributed by atoms with Crippen LogP contribution in [0.2, 0.25) is 0 Å². The van der Waals surface area contributed by atoms with Gasteiger partial charge in [-0.2, -0.15) is 0 Å². The normalized spacial score (nSPS) is 15.2. The molecule has 3 amide bonds. The minimum absolute atomic E-state index is 0.0317. The molecular weight excluding hydrogens is 444 g/mol. The van der Waals surface area contributed by atoms with E-state index in [1.54, 1.807) is 49.6 Å². The number of halogens is 1. The summed E-state index contributed by atoms with van der Waals surface area (Å²) in [5.74, 6) is 0.0600. The van der Waals surface area contributed by atoms with Gasteiger partial charge in [-0.1, -0.05) is 28.1 Å². The molecule has 2 aromatic carbocycles. The zero-order valence-electron chi connectivity index (χ0n) is 15.0. The number of amides is 3. The Labute approximate surface area is 175 Å². The molecule has 1 heterocycles. The summed E-state index contributed by atoms with van der Waals surface area (Å²) in [6, 6.07) is 14.3. The molecule has 0 aliphatic carbocycles. The number of carbonyl (C=O) groups excluding carboxylic acids is 3. The molecule has 0 saturated carbocycles. The van der Waals surface area contributed by atoms with E-state index in [0.717, 1.165) is 26.7 Å². The SMILES string of the molecule is COc1ccc(C=C2SC(=O)N(CCC(=O)Nc3ccc(Br)cc3)C2=O)cc1. The van der Waals surface area contributed by atoms with E-state index in [4.69, 9.17) is 4.74 Å². The third kappa shape index (κ3) is 5.02. The van der Waals surface area contributed by atoms with E-state index in [2.05, 4.69) is 21.2 Å². The van der Waals surface area contributed by atoms with Crippen molar-refractivity contribution in [2.75, 3.05) is 19.0 Å². The predicted octanol–water partition coefficient (Wildman–Crippen LogP) is 4.52. The molecule has 28 heavy (non-hydrogen) atoms. The van der Waals surface area contributed by atoms with Crippen molar-refractivity contribution >= 4 is 56.5 Å². The van der Waals surface area contributed by atoms with Crippen LogP contribution in [0.1, 0.15) is 12.0 Å². The summed E-state index contributed by atoms with van der Waals surface area (Å²) in [6.45, 7) is 0.0347. The van der Waals surface area contributed by atoms with Crippen LogP contribution in [0.15, 0.2) is 57.9 Å². The minimum atomic E-state index is -0.387. The van der Waals surface area contributed by atoms with Gasteiger partial charge < -0.3 is 10.1 Å². The highest BCUT2D eigenvalue weighted by Crippen LogP contribution is 2.32. The Morgan fingerprint density at radius 2 is 1.82 bits per heavy atom. The molecule has 3 rings (SSSR count). The zero-order valence-corrected chi connectivity index (χ0v) is 17.4. The lowest BCUT2D eigenvalue weighted by atomic mass is 10.2. The van der Waals surface area contributed by atoms with Crippen LogP contribution < -0.4 is 10.1 Å². The number of nitrogens with one attached hydrogen (secondary N) is 1. The van der Waals surface area contributed by atoms with Crippen LogP contribution in [-0.4, -0.2) is 35.6 Å². The standard InChI is InChI=1S/C20H17BrN2O4S/c1-27-16-8-2-13(3-9-16)12-17-19(25)23(20(26)28-17)11-10-18(24)22-15-6-4-14(21)5-7-15/h2-9,12H,10-11H2,1H3,(H,22,24). The average Bonchev–Trinajstić information content (AvgIpc) is 2.95. The van der Waals surface area contributed by atoms with Crippen molar-refractivity contribution in [3.05, 3.63) is 63.5 Å². The van der Waals surface area contributed by atoms with Gasteiger partial charge in [-0.15, -0.1) is 0 Å². The van der Waals surface area contributed by atoms with E-state index in [1.807, 2.05) is 12.1 Å². The Morgan fingerprint density at radius 3 is 2.46 bits per heavy atom. The second kappa shape index (κ2) is 9.07. The monoisotopic (exact) mass is 460 g/mol. The third-order valence-corrected chi connectivity index (χ3v) is 5.41. The third-order valence-electron chi connectivity index (χ3n) is 3.98. The van der Waals surface area contributed by atoms with Crippen molar-refractivity contribution in [3.8, 4) is 5.75 Å². The van der Waals surface area contributed by atoms with Gasteiger partial charge >= 0.3 is 0 Å². The predicted molar refractivity (Wildman–Crippen MR) is 113 cm³/mol. The topological polar surface area (TPSA) is 75.7 Å². The molecule has 0 unspecified atom stereocenters. The van der Waals surface area contributed by atoms with Gasteiger partial charge in [0.2, 0.25) is 5.91 Å². The number of carbonyl (C=O) groups is 3. The second-order valence-corrected chi connectivity index (χ2v) is 7.82. The second-order valence-electron chi connectivity index (χ2n) is 5.91. The Kier molecular flexibility index (Phi) is 6.53. The van der Waals surface area contributed by atoms with E-state index >= 15 is 0 Å². The Morgan fingerprint density at radius 1 is 1.14 bits per heavy atom. The fourth-order valence-corrected chi connectivity index (χ4v) is 3.64. The fraction of sp³-hybridized carbons (Fsp3) is 0.150. The first-order valence-electron chi connectivity index (χ1n) is 8.41. The van der Waals surface area contributed by atoms with Crippen LogP contribution in [-0.2, 0) is 9.59 Å². The van der Waals surface area contributed by atoms with Crippen LogP contribution in [0.5, 0.6) is 5.75 Å². The van der Waals surface area contributed by atoms with Gasteiger partial charge in [-0.05, 0) is 59.8 Å². The largest absolute Gasteiger partial charge is 0.497 e. The summed E-state index contributed by atoms with van der Waals surface area (Å²) >= 11 is 4.20. The first-order valence-corrected chi connectivity index (χ1v) is 10.0. The number of hydrogen-bond donors (Lipinski definition) is 1. The van der Waals surface area contributed by atoms with Crippen molar-refractivity contribution in [2.24, 2.45) is 0 Å². The van der Waals surface area contributed by atoms with Gasteiger partial charge in [0.15, 0.2) is 0 Å². The molecular formula is C20H17BrN2O4S. The molecule has 1 aliphatic rings. The van der Waals surface area contributed by atoms with Crippen molar-refractivity contribution in [1.29, 1.82) is 0 Å². The molecule has 1 aliphatic heterocycles. The van der Waals surface area contributed by atoms with E-state index in [9.17, 15) is 14.4 Å². The summed E-state index contributed by atoms with van der Waals surface area (Å²) in [7, 11) is 1.58. The number of methoxy groups -OCH3 is 1. The number of thioether (sulfide) groups is 1. The molecule has 0 spiro atoms. The summed E-state index contributed by atoms with van der Waals surface area (Å²) in [6.07, 6.45) is 1.69. The van der Waals surface area contributed by atoms with Crippen LogP contribution in [0.4, 0.5) is 10.5 Å². The molecule has 0 radical (unpaired) electrons. The van der Waals surface area contributed by atoms with Crippen LogP contribution in [0.3, 0.4) is 0 Å². The molecule has 8 heteroatoms. The Bertz CT molecular complexity index is 926. The van der Waals surface area contributed by atoms with Gasteiger partial charge in [0.05, 0.1) is 12.0 Å². The summed E-state index contributed by atoms with van der Waals surface area (Å²) < 4.78 is 6.01. The highest BCUT2D eigenvalue weighted by Gasteiger charge is 2.35. The van der Waals surface area contributed by atoms with Crippen LogP contribution >= 0.6 is 27.7 Å². The van der Waals surface area contributed by atoms with E-state index in [0.29, 0.717) is 16.3 Å². The molecule has 6 nitrogen and oxygen atoms in total. The quantitative estimate of drug-likeness (QED) is 0.641. The van der Waals surface area contributed by atoms with E-state index in [1.165, 1.54) is 0 Å². The van der Waals surface area contributed by atoms with Crippen LogP contribution in [0.25, 0.3) is 6.08 Å². The lowest BCUT2D eigenvalue weighted by molar-refractivity contribution is -0.123. The van der Waals surface area contributed by atoms with Gasteiger partial charge in [0, 0.05) is 23.1 Å². The molecule has 2 aromatic rings. The maximum atomic E-state index is 12.5. The first kappa shape index (κ1) is 20.2. The van der Waals surface area contributed by atoms with Gasteiger partial charge in [0.25, 0.3) is 11.1 Å². The number of nitrogens with zero attached hydrogens (tertiary/aromatic N) is 1. The maximum Gasteiger partial charge on any atom is 0.293 e. The molecule has 1 N–H and O–H groups in total. The van der Waals surface area contributed by atoms with Gasteiger partial charge in [0.1, 0.15) is 5.75 Å². The highest BCUT2D eigenvalue weighted by atomic mass is 79.9.